The van der Waals surface area contributed by atoms with Crippen molar-refractivity contribution < 1.29 is 14.3 Å². The fraction of sp³-hybridized carbons (Fsp3) is 0.318. The van der Waals surface area contributed by atoms with E-state index < -0.39 is 0 Å². The number of aromatic nitrogens is 4. The quantitative estimate of drug-likeness (QED) is 0.530. The fourth-order valence-electron chi connectivity index (χ4n) is 3.79. The first-order valence-electron chi connectivity index (χ1n) is 9.77. The molecule has 0 aliphatic carbocycles. The van der Waals surface area contributed by atoms with Crippen molar-refractivity contribution in [2.45, 2.75) is 19.9 Å². The number of amides is 1. The average Bonchev–Trinajstić information content (AvgIpc) is 3.33. The molecule has 1 amide bonds. The van der Waals surface area contributed by atoms with Gasteiger partial charge >= 0.3 is 0 Å². The molecule has 0 aliphatic heterocycles. The minimum Gasteiger partial charge on any atom is -0.496 e. The highest BCUT2D eigenvalue weighted by molar-refractivity contribution is 6.02. The number of carbonyl (C=O) groups is 1. The summed E-state index contributed by atoms with van der Waals surface area (Å²) in [7, 11) is 5.06. The number of carbonyl (C=O) groups excluding carboxylic acids is 1. The number of aryl methyl sites for hydroxylation is 1. The second-order valence-corrected chi connectivity index (χ2v) is 7.50. The Kier molecular flexibility index (Phi) is 5.07. The number of benzene rings is 1. The molecule has 1 atom stereocenters. The summed E-state index contributed by atoms with van der Waals surface area (Å²) in [5.41, 5.74) is 2.05. The van der Waals surface area contributed by atoms with Gasteiger partial charge in [-0.25, -0.2) is 0 Å². The molecule has 0 radical (unpaired) electrons. The summed E-state index contributed by atoms with van der Waals surface area (Å²) in [4.78, 5) is 13.3. The number of rotatable bonds is 6. The first-order valence-corrected chi connectivity index (χ1v) is 9.77. The summed E-state index contributed by atoms with van der Waals surface area (Å²) >= 11 is 0. The van der Waals surface area contributed by atoms with Crippen LogP contribution in [0, 0.1) is 5.92 Å². The van der Waals surface area contributed by atoms with Gasteiger partial charge in [-0.2, -0.15) is 0 Å². The minimum atomic E-state index is -0.309. The van der Waals surface area contributed by atoms with Gasteiger partial charge in [0.2, 0.25) is 0 Å². The summed E-state index contributed by atoms with van der Waals surface area (Å²) in [6.07, 6.45) is 1.90. The molecule has 8 nitrogen and oxygen atoms in total. The molecule has 4 rings (SSSR count). The molecule has 3 heterocycles. The third kappa shape index (κ3) is 3.14. The largest absolute Gasteiger partial charge is 0.496 e. The van der Waals surface area contributed by atoms with Crippen LogP contribution in [0.2, 0.25) is 0 Å². The Hall–Kier alpha value is -3.55. The molecule has 0 saturated heterocycles. The lowest BCUT2D eigenvalue weighted by Crippen LogP contribution is -2.34. The van der Waals surface area contributed by atoms with Crippen molar-refractivity contribution in [1.82, 2.24) is 24.5 Å². The number of fused-ring (bicyclic) bond motifs is 2. The van der Waals surface area contributed by atoms with Gasteiger partial charge in [-0.3, -0.25) is 9.20 Å². The fourth-order valence-corrected chi connectivity index (χ4v) is 3.79. The van der Waals surface area contributed by atoms with Crippen molar-refractivity contribution in [2.24, 2.45) is 13.0 Å². The predicted octanol–water partition coefficient (Wildman–Crippen LogP) is 3.37. The predicted molar refractivity (Wildman–Crippen MR) is 114 cm³/mol. The van der Waals surface area contributed by atoms with E-state index >= 15 is 0 Å². The lowest BCUT2D eigenvalue weighted by atomic mass is 10.0. The van der Waals surface area contributed by atoms with Crippen LogP contribution in [0.15, 0.2) is 42.6 Å². The van der Waals surface area contributed by atoms with E-state index in [1.807, 2.05) is 72.5 Å². The van der Waals surface area contributed by atoms with E-state index in [0.717, 1.165) is 16.6 Å². The molecule has 0 spiro atoms. The van der Waals surface area contributed by atoms with E-state index in [4.69, 9.17) is 9.47 Å². The average molecular weight is 407 g/mol. The smallest absolute Gasteiger partial charge is 0.268 e. The molecule has 1 N–H and O–H groups in total. The molecule has 0 aliphatic rings. The van der Waals surface area contributed by atoms with Crippen LogP contribution >= 0.6 is 0 Å². The topological polar surface area (TPSA) is 82.7 Å². The van der Waals surface area contributed by atoms with Gasteiger partial charge in [0, 0.05) is 18.6 Å². The number of nitrogens with zero attached hydrogens (tertiary/aromatic N) is 4. The molecule has 3 aromatic heterocycles. The van der Waals surface area contributed by atoms with Gasteiger partial charge in [0.25, 0.3) is 5.91 Å². The monoisotopic (exact) mass is 407 g/mol. The number of methoxy groups -OCH3 is 2. The SMILES string of the molecule is COc1ccc(OC)c2c1cc(C(=O)NC(c1nnc3ccccn13)C(C)C)n2C. The van der Waals surface area contributed by atoms with E-state index in [0.29, 0.717) is 23.0 Å². The number of hydrogen-bond acceptors (Lipinski definition) is 5. The van der Waals surface area contributed by atoms with Crippen LogP contribution in [-0.4, -0.2) is 39.3 Å². The molecule has 1 unspecified atom stereocenters. The molecule has 1 aromatic carbocycles. The number of hydrogen-bond donors (Lipinski definition) is 1. The Bertz CT molecular complexity index is 1220. The van der Waals surface area contributed by atoms with Crippen LogP contribution in [0.1, 0.15) is 36.2 Å². The number of nitrogens with one attached hydrogen (secondary N) is 1. The Morgan fingerprint density at radius 2 is 1.80 bits per heavy atom. The summed E-state index contributed by atoms with van der Waals surface area (Å²) < 4.78 is 14.7. The molecular weight excluding hydrogens is 382 g/mol. The van der Waals surface area contributed by atoms with E-state index in [2.05, 4.69) is 15.5 Å². The molecule has 30 heavy (non-hydrogen) atoms. The maximum absolute atomic E-state index is 13.3. The number of pyridine rings is 1. The summed E-state index contributed by atoms with van der Waals surface area (Å²) in [5.74, 6) is 1.97. The summed E-state index contributed by atoms with van der Waals surface area (Å²) in [6.45, 7) is 4.09. The van der Waals surface area contributed by atoms with Crippen LogP contribution in [0.25, 0.3) is 16.6 Å². The first kappa shape index (κ1) is 19.8. The standard InChI is InChI=1S/C22H25N5O3/c1-13(2)19(21-25-24-18-8-6-7-11-27(18)21)23-22(28)15-12-14-16(29-4)9-10-17(30-5)20(14)26(15)3/h6-13,19H,1-5H3,(H,23,28). The Morgan fingerprint density at radius 3 is 2.50 bits per heavy atom. The van der Waals surface area contributed by atoms with Crippen LogP contribution < -0.4 is 14.8 Å². The third-order valence-electron chi connectivity index (χ3n) is 5.36. The maximum Gasteiger partial charge on any atom is 0.268 e. The van der Waals surface area contributed by atoms with Crippen LogP contribution in [0.4, 0.5) is 0 Å². The van der Waals surface area contributed by atoms with Crippen molar-refractivity contribution in [1.29, 1.82) is 0 Å². The summed E-state index contributed by atoms with van der Waals surface area (Å²) in [6, 6.07) is 10.9. The highest BCUT2D eigenvalue weighted by Crippen LogP contribution is 2.35. The van der Waals surface area contributed by atoms with Crippen molar-refractivity contribution in [2.75, 3.05) is 14.2 Å². The van der Waals surface area contributed by atoms with Gasteiger partial charge < -0.3 is 19.4 Å². The third-order valence-corrected chi connectivity index (χ3v) is 5.36. The van der Waals surface area contributed by atoms with Gasteiger partial charge in [-0.15, -0.1) is 10.2 Å². The van der Waals surface area contributed by atoms with Gasteiger partial charge in [0.1, 0.15) is 17.2 Å². The van der Waals surface area contributed by atoms with Crippen LogP contribution in [0.5, 0.6) is 11.5 Å². The van der Waals surface area contributed by atoms with Crippen molar-refractivity contribution in [3.05, 3.63) is 54.1 Å². The molecule has 156 valence electrons. The molecule has 0 saturated carbocycles. The van der Waals surface area contributed by atoms with Crippen LogP contribution in [-0.2, 0) is 7.05 Å². The Balaban J connectivity index is 1.75. The van der Waals surface area contributed by atoms with E-state index in [1.54, 1.807) is 14.2 Å². The zero-order chi connectivity index (χ0) is 21.4. The lowest BCUT2D eigenvalue weighted by Gasteiger charge is -2.21. The van der Waals surface area contributed by atoms with E-state index in [9.17, 15) is 4.79 Å². The lowest BCUT2D eigenvalue weighted by molar-refractivity contribution is 0.0915. The molecule has 4 aromatic rings. The molecule has 8 heteroatoms. The Labute approximate surface area is 174 Å². The highest BCUT2D eigenvalue weighted by Gasteiger charge is 2.26. The van der Waals surface area contributed by atoms with Gasteiger partial charge in [-0.05, 0) is 36.2 Å². The maximum atomic E-state index is 13.3. The second kappa shape index (κ2) is 7.70. The normalized spacial score (nSPS) is 12.5. The van der Waals surface area contributed by atoms with Crippen molar-refractivity contribution in [3.63, 3.8) is 0 Å². The number of ether oxygens (including phenoxy) is 2. The van der Waals surface area contributed by atoms with Crippen molar-refractivity contribution in [3.8, 4) is 11.5 Å². The molecule has 0 bridgehead atoms. The zero-order valence-electron chi connectivity index (χ0n) is 17.7. The first-order chi connectivity index (χ1) is 14.5. The summed E-state index contributed by atoms with van der Waals surface area (Å²) in [5, 5.41) is 12.5. The van der Waals surface area contributed by atoms with E-state index in [1.165, 1.54) is 0 Å². The minimum absolute atomic E-state index is 0.111. The van der Waals surface area contributed by atoms with Gasteiger partial charge in [0.15, 0.2) is 11.5 Å². The van der Waals surface area contributed by atoms with Crippen molar-refractivity contribution >= 4 is 22.5 Å². The van der Waals surface area contributed by atoms with E-state index in [-0.39, 0.29) is 17.9 Å². The van der Waals surface area contributed by atoms with Gasteiger partial charge in [0.05, 0.1) is 25.8 Å². The van der Waals surface area contributed by atoms with Gasteiger partial charge in [-0.1, -0.05) is 19.9 Å². The second-order valence-electron chi connectivity index (χ2n) is 7.50. The van der Waals surface area contributed by atoms with Crippen LogP contribution in [0.3, 0.4) is 0 Å². The molecular formula is C22H25N5O3. The zero-order valence-corrected chi connectivity index (χ0v) is 17.7. The molecule has 0 fully saturated rings. The highest BCUT2D eigenvalue weighted by atomic mass is 16.5. The Morgan fingerprint density at radius 1 is 1.07 bits per heavy atom.